The SMILES string of the molecule is N=c1c(N)c(C(F)(F)C(F)(F)C(F)(F)F)c(=N)c1=N. The van der Waals surface area contributed by atoms with E-state index in [9.17, 15) is 30.7 Å². The Morgan fingerprint density at radius 3 is 1.42 bits per heavy atom. The summed E-state index contributed by atoms with van der Waals surface area (Å²) in [6, 6.07) is 0. The highest BCUT2D eigenvalue weighted by atomic mass is 19.4. The minimum atomic E-state index is -6.57. The van der Waals surface area contributed by atoms with Gasteiger partial charge in [-0.3, -0.25) is 16.2 Å². The molecule has 0 spiro atoms. The lowest BCUT2D eigenvalue weighted by molar-refractivity contribution is -0.359. The number of hydrogen-bond donors (Lipinski definition) is 4. The first-order valence-electron chi connectivity index (χ1n) is 4.36. The number of rotatable bonds is 2. The lowest BCUT2D eigenvalue weighted by Gasteiger charge is -2.28. The molecule has 4 nitrogen and oxygen atoms in total. The average Bonchev–Trinajstić information content (AvgIpc) is 2.41. The van der Waals surface area contributed by atoms with Crippen molar-refractivity contribution in [2.24, 2.45) is 0 Å². The van der Waals surface area contributed by atoms with Gasteiger partial charge in [0, 0.05) is 0 Å². The van der Waals surface area contributed by atoms with Crippen molar-refractivity contribution in [3.8, 4) is 0 Å². The van der Waals surface area contributed by atoms with Gasteiger partial charge in [-0.2, -0.15) is 30.7 Å². The number of nitrogen functional groups attached to an aromatic ring is 1. The van der Waals surface area contributed by atoms with Gasteiger partial charge in [-0.25, -0.2) is 0 Å². The van der Waals surface area contributed by atoms with E-state index in [0.29, 0.717) is 0 Å². The van der Waals surface area contributed by atoms with Crippen LogP contribution in [-0.4, -0.2) is 12.1 Å². The van der Waals surface area contributed by atoms with Gasteiger partial charge < -0.3 is 5.73 Å². The fourth-order valence-electron chi connectivity index (χ4n) is 1.31. The smallest absolute Gasteiger partial charge is 0.396 e. The average molecular weight is 290 g/mol. The van der Waals surface area contributed by atoms with Crippen LogP contribution in [0.3, 0.4) is 0 Å². The van der Waals surface area contributed by atoms with E-state index in [1.807, 2.05) is 0 Å². The molecule has 0 aliphatic rings. The van der Waals surface area contributed by atoms with E-state index in [4.69, 9.17) is 22.0 Å². The first-order chi connectivity index (χ1) is 8.26. The Kier molecular flexibility index (Phi) is 3.00. The van der Waals surface area contributed by atoms with Gasteiger partial charge in [0.2, 0.25) is 0 Å². The molecule has 1 aromatic rings. The lowest BCUT2D eigenvalue weighted by atomic mass is 10.0. The van der Waals surface area contributed by atoms with Crippen molar-refractivity contribution in [2.75, 3.05) is 5.73 Å². The van der Waals surface area contributed by atoms with Crippen molar-refractivity contribution < 1.29 is 30.7 Å². The van der Waals surface area contributed by atoms with Crippen LogP contribution in [0.15, 0.2) is 0 Å². The maximum Gasteiger partial charge on any atom is 0.460 e. The molecule has 0 aromatic heterocycles. The number of halogens is 7. The third-order valence-electron chi connectivity index (χ3n) is 2.35. The fourth-order valence-corrected chi connectivity index (χ4v) is 1.31. The van der Waals surface area contributed by atoms with Crippen molar-refractivity contribution in [2.45, 2.75) is 18.0 Å². The Balaban J connectivity index is 3.72. The molecule has 0 unspecified atom stereocenters. The van der Waals surface area contributed by atoms with E-state index < -0.39 is 45.3 Å². The summed E-state index contributed by atoms with van der Waals surface area (Å²) in [5, 5.41) is 16.7. The minimum absolute atomic E-state index is 1.20. The standard InChI is InChI=1S/C8H5F7N4/c9-6(10,7(11,12)8(13,14)15)1-2(16)4(18)5(19)3(1)17/h16,18-19H,17H2. The highest BCUT2D eigenvalue weighted by Gasteiger charge is 2.74. The largest absolute Gasteiger partial charge is 0.460 e. The monoisotopic (exact) mass is 290 g/mol. The Morgan fingerprint density at radius 1 is 0.737 bits per heavy atom. The predicted octanol–water partition coefficient (Wildman–Crippen LogP) is 0.872. The lowest BCUT2D eigenvalue weighted by Crippen LogP contribution is -2.52. The van der Waals surface area contributed by atoms with Gasteiger partial charge in [0.15, 0.2) is 0 Å². The van der Waals surface area contributed by atoms with E-state index in [1.165, 1.54) is 0 Å². The molecule has 106 valence electrons. The molecule has 19 heavy (non-hydrogen) atoms. The number of hydrogen-bond acceptors (Lipinski definition) is 4. The predicted molar refractivity (Wildman–Crippen MR) is 45.7 cm³/mol. The highest BCUT2D eigenvalue weighted by Crippen LogP contribution is 2.51. The van der Waals surface area contributed by atoms with E-state index in [1.54, 1.807) is 0 Å². The van der Waals surface area contributed by atoms with Gasteiger partial charge in [-0.05, 0) is 0 Å². The van der Waals surface area contributed by atoms with Gasteiger partial charge in [0.25, 0.3) is 0 Å². The molecule has 0 radical (unpaired) electrons. The number of anilines is 1. The molecular formula is C8H5F7N4. The van der Waals surface area contributed by atoms with Crippen molar-refractivity contribution in [3.05, 3.63) is 21.6 Å². The van der Waals surface area contributed by atoms with Crippen LogP contribution >= 0.6 is 0 Å². The molecule has 0 saturated heterocycles. The van der Waals surface area contributed by atoms with Crippen LogP contribution in [0, 0.1) is 16.2 Å². The normalized spacial score (nSPS) is 13.8. The van der Waals surface area contributed by atoms with Crippen LogP contribution < -0.4 is 21.8 Å². The number of nitrogens with one attached hydrogen (secondary N) is 3. The summed E-state index contributed by atoms with van der Waals surface area (Å²) >= 11 is 0. The van der Waals surface area contributed by atoms with Gasteiger partial charge in [-0.15, -0.1) is 0 Å². The Labute approximate surface area is 99.1 Å². The molecule has 0 fully saturated rings. The number of nitrogens with two attached hydrogens (primary N) is 1. The van der Waals surface area contributed by atoms with Crippen LogP contribution in [0.2, 0.25) is 0 Å². The van der Waals surface area contributed by atoms with Crippen LogP contribution in [-0.2, 0) is 5.92 Å². The minimum Gasteiger partial charge on any atom is -0.396 e. The molecule has 5 N–H and O–H groups in total. The summed E-state index contributed by atoms with van der Waals surface area (Å²) in [5.74, 6) is -12.3. The molecule has 0 amide bonds. The summed E-state index contributed by atoms with van der Waals surface area (Å²) in [7, 11) is 0. The summed E-state index contributed by atoms with van der Waals surface area (Å²) in [4.78, 5) is 0. The Morgan fingerprint density at radius 2 is 1.16 bits per heavy atom. The number of alkyl halides is 7. The topological polar surface area (TPSA) is 97.6 Å². The van der Waals surface area contributed by atoms with Gasteiger partial charge in [0.05, 0.1) is 16.6 Å². The fraction of sp³-hybridized carbons (Fsp3) is 0.375. The maximum absolute atomic E-state index is 13.3. The molecule has 0 bridgehead atoms. The zero-order valence-corrected chi connectivity index (χ0v) is 8.72. The molecule has 0 aliphatic carbocycles. The van der Waals surface area contributed by atoms with E-state index >= 15 is 0 Å². The molecule has 0 saturated carbocycles. The molecule has 11 heteroatoms. The maximum atomic E-state index is 13.3. The Bertz CT molecular complexity index is 650. The highest BCUT2D eigenvalue weighted by molar-refractivity contribution is 5.50. The second kappa shape index (κ2) is 3.78. The summed E-state index contributed by atoms with van der Waals surface area (Å²) in [6.07, 6.45) is -6.57. The second-order valence-electron chi connectivity index (χ2n) is 3.56. The van der Waals surface area contributed by atoms with Crippen molar-refractivity contribution in [1.29, 1.82) is 16.2 Å². The van der Waals surface area contributed by atoms with Gasteiger partial charge in [0.1, 0.15) is 10.7 Å². The van der Waals surface area contributed by atoms with Crippen molar-refractivity contribution in [1.82, 2.24) is 0 Å². The molecule has 0 heterocycles. The Hall–Kier alpha value is -1.94. The second-order valence-corrected chi connectivity index (χ2v) is 3.56. The first-order valence-corrected chi connectivity index (χ1v) is 4.36. The van der Waals surface area contributed by atoms with Gasteiger partial charge >= 0.3 is 18.0 Å². The quantitative estimate of drug-likeness (QED) is 0.597. The zero-order valence-electron chi connectivity index (χ0n) is 8.72. The van der Waals surface area contributed by atoms with E-state index in [2.05, 4.69) is 0 Å². The van der Waals surface area contributed by atoms with Crippen molar-refractivity contribution in [3.63, 3.8) is 0 Å². The molecule has 0 aliphatic heterocycles. The molecular weight excluding hydrogens is 285 g/mol. The van der Waals surface area contributed by atoms with E-state index in [0.717, 1.165) is 0 Å². The van der Waals surface area contributed by atoms with Crippen molar-refractivity contribution >= 4 is 5.69 Å². The summed E-state index contributed by atoms with van der Waals surface area (Å²) in [6.45, 7) is 0. The zero-order chi connectivity index (χ0) is 15.4. The first kappa shape index (κ1) is 15.1. The van der Waals surface area contributed by atoms with Crippen LogP contribution in [0.1, 0.15) is 5.56 Å². The van der Waals surface area contributed by atoms with Crippen LogP contribution in [0.25, 0.3) is 0 Å². The third-order valence-corrected chi connectivity index (χ3v) is 2.35. The van der Waals surface area contributed by atoms with Crippen LogP contribution in [0.5, 0.6) is 0 Å². The third kappa shape index (κ3) is 1.79. The molecule has 0 atom stereocenters. The summed E-state index contributed by atoms with van der Waals surface area (Å²) < 4.78 is 88.0. The van der Waals surface area contributed by atoms with Gasteiger partial charge in [-0.1, -0.05) is 0 Å². The van der Waals surface area contributed by atoms with E-state index in [-0.39, 0.29) is 0 Å². The molecule has 1 rings (SSSR count). The molecule has 1 aromatic carbocycles. The van der Waals surface area contributed by atoms with Crippen LogP contribution in [0.4, 0.5) is 36.4 Å². The summed E-state index contributed by atoms with van der Waals surface area (Å²) in [5.41, 5.74) is 1.22.